The van der Waals surface area contributed by atoms with Gasteiger partial charge in [-0.1, -0.05) is 12.1 Å². The number of ether oxygens (including phenoxy) is 1. The monoisotopic (exact) mass is 334 g/mol. The lowest BCUT2D eigenvalue weighted by Crippen LogP contribution is -2.26. The van der Waals surface area contributed by atoms with Crippen molar-refractivity contribution in [2.45, 2.75) is 32.1 Å². The van der Waals surface area contributed by atoms with Crippen molar-refractivity contribution >= 4 is 11.9 Å². The average molecular weight is 334 g/mol. The number of carbonyl (C=O) groups excluding carboxylic acids is 1. The molecule has 1 aromatic carbocycles. The Morgan fingerprint density at radius 3 is 2.75 bits per heavy atom. The highest BCUT2D eigenvalue weighted by Gasteiger charge is 2.10. The van der Waals surface area contributed by atoms with E-state index in [0.29, 0.717) is 19.6 Å². The van der Waals surface area contributed by atoms with Crippen LogP contribution in [0.5, 0.6) is 5.75 Å². The smallest absolute Gasteiger partial charge is 0.303 e. The minimum atomic E-state index is -0.955. The summed E-state index contributed by atoms with van der Waals surface area (Å²) in [6, 6.07) is 7.88. The topological polar surface area (TPSA) is 78.9 Å². The average Bonchev–Trinajstić information content (AvgIpc) is 3.07. The van der Waals surface area contributed by atoms with Gasteiger partial charge in [0.1, 0.15) is 12.4 Å². The highest BCUT2D eigenvalue weighted by atomic mass is 16.5. The van der Waals surface area contributed by atoms with Gasteiger partial charge in [0.25, 0.3) is 0 Å². The quantitative estimate of drug-likeness (QED) is 0.681. The molecule has 6 heteroatoms. The van der Waals surface area contributed by atoms with E-state index in [-0.39, 0.29) is 18.7 Å². The Morgan fingerprint density at radius 2 is 2.00 bits per heavy atom. The number of nitrogens with zero attached hydrogens (tertiary/aromatic N) is 1. The Morgan fingerprint density at radius 1 is 1.21 bits per heavy atom. The van der Waals surface area contributed by atoms with Crippen LogP contribution in [-0.4, -0.2) is 54.7 Å². The standard InChI is InChI=1S/C18H26N2O4/c21-17(6-7-18(22)23)19-9-8-15-4-3-5-16(14-15)24-13-12-20-10-1-2-11-20/h3-5,14H,1-2,6-13H2,(H,19,21)(H,22,23). The van der Waals surface area contributed by atoms with Crippen LogP contribution in [0.15, 0.2) is 24.3 Å². The van der Waals surface area contributed by atoms with Crippen molar-refractivity contribution in [2.24, 2.45) is 0 Å². The molecule has 0 aliphatic carbocycles. The van der Waals surface area contributed by atoms with Crippen LogP contribution >= 0.6 is 0 Å². The zero-order chi connectivity index (χ0) is 17.2. The second kappa shape index (κ2) is 9.93. The molecule has 0 saturated carbocycles. The number of amides is 1. The molecule has 24 heavy (non-hydrogen) atoms. The fourth-order valence-electron chi connectivity index (χ4n) is 2.74. The van der Waals surface area contributed by atoms with Crippen molar-refractivity contribution in [2.75, 3.05) is 32.8 Å². The van der Waals surface area contributed by atoms with Crippen LogP contribution in [0.1, 0.15) is 31.2 Å². The molecule has 132 valence electrons. The molecule has 0 unspecified atom stereocenters. The molecule has 0 bridgehead atoms. The summed E-state index contributed by atoms with van der Waals surface area (Å²) in [4.78, 5) is 24.3. The number of benzene rings is 1. The fraction of sp³-hybridized carbons (Fsp3) is 0.556. The van der Waals surface area contributed by atoms with Crippen LogP contribution in [0, 0.1) is 0 Å². The van der Waals surface area contributed by atoms with Gasteiger partial charge in [-0.2, -0.15) is 0 Å². The number of nitrogens with one attached hydrogen (secondary N) is 1. The Balaban J connectivity index is 1.66. The number of carboxylic acid groups (broad SMARTS) is 1. The predicted molar refractivity (Wildman–Crippen MR) is 91.2 cm³/mol. The van der Waals surface area contributed by atoms with Crippen molar-refractivity contribution in [3.05, 3.63) is 29.8 Å². The van der Waals surface area contributed by atoms with Crippen molar-refractivity contribution in [3.8, 4) is 5.75 Å². The number of carbonyl (C=O) groups is 2. The number of hydrogen-bond acceptors (Lipinski definition) is 4. The van der Waals surface area contributed by atoms with E-state index >= 15 is 0 Å². The lowest BCUT2D eigenvalue weighted by Gasteiger charge is -2.15. The normalized spacial score (nSPS) is 14.5. The summed E-state index contributed by atoms with van der Waals surface area (Å²) in [5, 5.41) is 11.3. The summed E-state index contributed by atoms with van der Waals surface area (Å²) in [7, 11) is 0. The van der Waals surface area contributed by atoms with Crippen LogP contribution < -0.4 is 10.1 Å². The summed E-state index contributed by atoms with van der Waals surface area (Å²) in [5.74, 6) is -0.330. The number of carboxylic acids is 1. The molecule has 0 aromatic heterocycles. The first-order valence-electron chi connectivity index (χ1n) is 8.56. The highest BCUT2D eigenvalue weighted by molar-refractivity contribution is 5.80. The summed E-state index contributed by atoms with van der Waals surface area (Å²) < 4.78 is 5.81. The Labute approximate surface area is 142 Å². The Hall–Kier alpha value is -2.08. The molecule has 1 amide bonds. The van der Waals surface area contributed by atoms with Crippen molar-refractivity contribution in [1.82, 2.24) is 10.2 Å². The molecule has 1 saturated heterocycles. The molecule has 6 nitrogen and oxygen atoms in total. The fourth-order valence-corrected chi connectivity index (χ4v) is 2.74. The van der Waals surface area contributed by atoms with Crippen molar-refractivity contribution in [1.29, 1.82) is 0 Å². The van der Waals surface area contributed by atoms with Gasteiger partial charge in [0, 0.05) is 19.5 Å². The molecule has 1 heterocycles. The largest absolute Gasteiger partial charge is 0.492 e. The van der Waals surface area contributed by atoms with Gasteiger partial charge in [-0.3, -0.25) is 14.5 Å². The van der Waals surface area contributed by atoms with Gasteiger partial charge in [0.2, 0.25) is 5.91 Å². The third-order valence-electron chi connectivity index (χ3n) is 4.08. The number of likely N-dealkylation sites (tertiary alicyclic amines) is 1. The highest BCUT2D eigenvalue weighted by Crippen LogP contribution is 2.14. The molecule has 1 fully saturated rings. The van der Waals surface area contributed by atoms with E-state index in [1.807, 2.05) is 24.3 Å². The minimum absolute atomic E-state index is 0.0228. The third kappa shape index (κ3) is 7.00. The zero-order valence-corrected chi connectivity index (χ0v) is 14.0. The summed E-state index contributed by atoms with van der Waals surface area (Å²) in [5.41, 5.74) is 1.09. The van der Waals surface area contributed by atoms with E-state index in [0.717, 1.165) is 17.9 Å². The van der Waals surface area contributed by atoms with E-state index in [2.05, 4.69) is 10.2 Å². The van der Waals surface area contributed by atoms with Gasteiger partial charge < -0.3 is 15.2 Å². The van der Waals surface area contributed by atoms with E-state index < -0.39 is 5.97 Å². The molecular formula is C18H26N2O4. The van der Waals surface area contributed by atoms with Crippen LogP contribution in [0.3, 0.4) is 0 Å². The van der Waals surface area contributed by atoms with Gasteiger partial charge >= 0.3 is 5.97 Å². The second-order valence-electron chi connectivity index (χ2n) is 6.04. The van der Waals surface area contributed by atoms with E-state index in [4.69, 9.17) is 9.84 Å². The maximum Gasteiger partial charge on any atom is 0.303 e. The van der Waals surface area contributed by atoms with Gasteiger partial charge in [-0.25, -0.2) is 0 Å². The van der Waals surface area contributed by atoms with E-state index in [9.17, 15) is 9.59 Å². The maximum absolute atomic E-state index is 11.5. The first-order valence-corrected chi connectivity index (χ1v) is 8.56. The van der Waals surface area contributed by atoms with Gasteiger partial charge in [-0.05, 0) is 50.0 Å². The van der Waals surface area contributed by atoms with E-state index in [1.54, 1.807) is 0 Å². The Kier molecular flexibility index (Phi) is 7.55. The minimum Gasteiger partial charge on any atom is -0.492 e. The van der Waals surface area contributed by atoms with Crippen LogP contribution in [0.2, 0.25) is 0 Å². The SMILES string of the molecule is O=C(O)CCC(=O)NCCc1cccc(OCCN2CCCC2)c1. The van der Waals surface area contributed by atoms with Crippen LogP contribution in [-0.2, 0) is 16.0 Å². The Bertz CT molecular complexity index is 542. The molecular weight excluding hydrogens is 308 g/mol. The number of hydrogen-bond donors (Lipinski definition) is 2. The van der Waals surface area contributed by atoms with Gasteiger partial charge in [0.05, 0.1) is 6.42 Å². The lowest BCUT2D eigenvalue weighted by molar-refractivity contribution is -0.138. The van der Waals surface area contributed by atoms with Crippen LogP contribution in [0.4, 0.5) is 0 Å². The first kappa shape index (κ1) is 18.3. The predicted octanol–water partition coefficient (Wildman–Crippen LogP) is 1.68. The molecule has 1 aliphatic rings. The summed E-state index contributed by atoms with van der Waals surface area (Å²) >= 11 is 0. The van der Waals surface area contributed by atoms with Crippen molar-refractivity contribution in [3.63, 3.8) is 0 Å². The van der Waals surface area contributed by atoms with Gasteiger partial charge in [-0.15, -0.1) is 0 Å². The lowest BCUT2D eigenvalue weighted by atomic mass is 10.1. The van der Waals surface area contributed by atoms with E-state index in [1.165, 1.54) is 25.9 Å². The first-order chi connectivity index (χ1) is 11.6. The number of aliphatic carboxylic acids is 1. The molecule has 0 spiro atoms. The zero-order valence-electron chi connectivity index (χ0n) is 14.0. The van der Waals surface area contributed by atoms with Crippen LogP contribution in [0.25, 0.3) is 0 Å². The molecule has 2 rings (SSSR count). The summed E-state index contributed by atoms with van der Waals surface area (Å²) in [6.07, 6.45) is 3.16. The van der Waals surface area contributed by atoms with Gasteiger partial charge in [0.15, 0.2) is 0 Å². The summed E-state index contributed by atoms with van der Waals surface area (Å²) in [6.45, 7) is 4.49. The maximum atomic E-state index is 11.5. The molecule has 1 aromatic rings. The molecule has 2 N–H and O–H groups in total. The van der Waals surface area contributed by atoms with Crippen molar-refractivity contribution < 1.29 is 19.4 Å². The molecule has 1 aliphatic heterocycles. The third-order valence-corrected chi connectivity index (χ3v) is 4.08. The molecule has 0 radical (unpaired) electrons. The number of rotatable bonds is 10. The molecule has 0 atom stereocenters. The second-order valence-corrected chi connectivity index (χ2v) is 6.04.